The summed E-state index contributed by atoms with van der Waals surface area (Å²) in [4.78, 5) is 23.3. The number of halogens is 1. The van der Waals surface area contributed by atoms with E-state index in [-0.39, 0.29) is 29.0 Å². The molecule has 1 N–H and O–H groups in total. The van der Waals surface area contributed by atoms with Crippen LogP contribution in [-0.4, -0.2) is 37.5 Å². The van der Waals surface area contributed by atoms with Crippen molar-refractivity contribution in [2.45, 2.75) is 36.9 Å². The van der Waals surface area contributed by atoms with Gasteiger partial charge in [0.1, 0.15) is 5.75 Å². The lowest BCUT2D eigenvalue weighted by Crippen LogP contribution is -2.40. The molecule has 0 spiro atoms. The molecule has 29 heavy (non-hydrogen) atoms. The van der Waals surface area contributed by atoms with Crippen LogP contribution < -0.4 is 10.1 Å². The Balaban J connectivity index is 0.00000300. The maximum atomic E-state index is 12.5. The first kappa shape index (κ1) is 23.4. The Morgan fingerprint density at radius 1 is 1.21 bits per heavy atom. The molecular weight excluding hydrogens is 412 g/mol. The first-order valence-corrected chi connectivity index (χ1v) is 10.3. The average Bonchev–Trinajstić information content (AvgIpc) is 2.73. The van der Waals surface area contributed by atoms with Crippen molar-refractivity contribution in [3.05, 3.63) is 46.9 Å². The van der Waals surface area contributed by atoms with Crippen molar-refractivity contribution in [1.29, 1.82) is 0 Å². The number of benzene rings is 2. The molecule has 0 saturated carbocycles. The van der Waals surface area contributed by atoms with Gasteiger partial charge in [-0.2, -0.15) is 0 Å². The van der Waals surface area contributed by atoms with Gasteiger partial charge in [-0.3, -0.25) is 4.79 Å². The molecule has 1 heterocycles. The van der Waals surface area contributed by atoms with Gasteiger partial charge in [0.05, 0.1) is 19.6 Å². The number of nitrogens with zero attached hydrogens (tertiary/aromatic N) is 1. The van der Waals surface area contributed by atoms with Gasteiger partial charge in [0.15, 0.2) is 0 Å². The number of carbonyl (C=O) groups excluding carboxylic acids is 1. The number of ether oxygens (including phenoxy) is 2. The van der Waals surface area contributed by atoms with Gasteiger partial charge < -0.3 is 14.8 Å². The van der Waals surface area contributed by atoms with Gasteiger partial charge in [-0.1, -0.05) is 24.3 Å². The van der Waals surface area contributed by atoms with E-state index < -0.39 is 0 Å². The highest BCUT2D eigenvalue weighted by atomic mass is 35.5. The molecule has 3 rings (SSSR count). The van der Waals surface area contributed by atoms with Crippen LogP contribution in [0.4, 0.5) is 0 Å². The zero-order valence-corrected chi connectivity index (χ0v) is 18.3. The van der Waals surface area contributed by atoms with E-state index in [1.54, 1.807) is 7.11 Å². The molecule has 158 valence electrons. The SMILES string of the molecule is COc1ccc2cc([C@H](C)C(=O)OCCC3(SN=O)CCNCC3)ccc2c1.Cl. The molecular formula is C21H27ClN2O4S. The van der Waals surface area contributed by atoms with E-state index in [4.69, 9.17) is 9.47 Å². The summed E-state index contributed by atoms with van der Waals surface area (Å²) in [6.07, 6.45) is 2.34. The Hall–Kier alpha value is -1.83. The maximum absolute atomic E-state index is 12.5. The van der Waals surface area contributed by atoms with E-state index in [1.807, 2.05) is 43.3 Å². The minimum atomic E-state index is -0.354. The minimum absolute atomic E-state index is 0. The minimum Gasteiger partial charge on any atom is -0.497 e. The number of nitrogens with one attached hydrogen (secondary N) is 1. The highest BCUT2D eigenvalue weighted by molar-refractivity contribution is 7.99. The zero-order chi connectivity index (χ0) is 20.0. The first-order valence-electron chi connectivity index (χ1n) is 9.53. The number of nitroso groups, excluding NO2 is 1. The Morgan fingerprint density at radius 2 is 1.90 bits per heavy atom. The molecule has 0 radical (unpaired) electrons. The van der Waals surface area contributed by atoms with Crippen LogP contribution >= 0.6 is 24.4 Å². The lowest BCUT2D eigenvalue weighted by atomic mass is 9.93. The highest BCUT2D eigenvalue weighted by Crippen LogP contribution is 2.38. The monoisotopic (exact) mass is 438 g/mol. The standard InChI is InChI=1S/C21H26N2O4S.ClH/c1-15(16-3-4-18-14-19(26-2)6-5-17(18)13-16)20(24)27-12-9-21(28-23-25)7-10-22-11-8-21;/h3-6,13-15,22H,7-12H2,1-2H3;1H/t15-;/m0./s1. The van der Waals surface area contributed by atoms with Crippen molar-refractivity contribution in [2.24, 2.45) is 4.58 Å². The van der Waals surface area contributed by atoms with Crippen molar-refractivity contribution in [3.63, 3.8) is 0 Å². The first-order chi connectivity index (χ1) is 13.6. The van der Waals surface area contributed by atoms with Gasteiger partial charge in [-0.15, -0.1) is 17.3 Å². The van der Waals surface area contributed by atoms with Crippen molar-refractivity contribution in [3.8, 4) is 5.75 Å². The van der Waals surface area contributed by atoms with Crippen LogP contribution in [0.2, 0.25) is 0 Å². The van der Waals surface area contributed by atoms with Crippen LogP contribution in [0.5, 0.6) is 5.75 Å². The normalized spacial score (nSPS) is 16.5. The van der Waals surface area contributed by atoms with Crippen LogP contribution in [0.25, 0.3) is 10.8 Å². The summed E-state index contributed by atoms with van der Waals surface area (Å²) in [5, 5.41) is 5.41. The summed E-state index contributed by atoms with van der Waals surface area (Å²) in [6.45, 7) is 3.87. The molecule has 2 aromatic carbocycles. The Morgan fingerprint density at radius 3 is 2.59 bits per heavy atom. The lowest BCUT2D eigenvalue weighted by molar-refractivity contribution is -0.145. The van der Waals surface area contributed by atoms with Crippen LogP contribution in [0.3, 0.4) is 0 Å². The molecule has 6 nitrogen and oxygen atoms in total. The number of fused-ring (bicyclic) bond motifs is 1. The summed E-state index contributed by atoms with van der Waals surface area (Å²) in [6, 6.07) is 11.8. The number of piperidine rings is 1. The fourth-order valence-corrected chi connectivity index (χ4v) is 4.31. The average molecular weight is 439 g/mol. The summed E-state index contributed by atoms with van der Waals surface area (Å²) >= 11 is 1.09. The summed E-state index contributed by atoms with van der Waals surface area (Å²) < 4.78 is 13.6. The van der Waals surface area contributed by atoms with Gasteiger partial charge in [0, 0.05) is 21.3 Å². The molecule has 0 unspecified atom stereocenters. The third-order valence-electron chi connectivity index (χ3n) is 5.47. The van der Waals surface area contributed by atoms with Gasteiger partial charge in [-0.25, -0.2) is 0 Å². The third-order valence-corrected chi connectivity index (χ3v) is 6.55. The summed E-state index contributed by atoms with van der Waals surface area (Å²) in [5.41, 5.74) is 0.920. The quantitative estimate of drug-likeness (QED) is 0.361. The molecule has 1 aliphatic heterocycles. The van der Waals surface area contributed by atoms with E-state index in [9.17, 15) is 9.70 Å². The number of hydrogen-bond acceptors (Lipinski definition) is 7. The van der Waals surface area contributed by atoms with Gasteiger partial charge in [-0.05, 0) is 67.7 Å². The molecule has 0 amide bonds. The number of esters is 1. The van der Waals surface area contributed by atoms with Crippen molar-refractivity contribution in [2.75, 3.05) is 26.8 Å². The molecule has 1 fully saturated rings. The molecule has 1 atom stereocenters. The smallest absolute Gasteiger partial charge is 0.313 e. The number of hydrogen-bond donors (Lipinski definition) is 1. The van der Waals surface area contributed by atoms with Crippen LogP contribution in [-0.2, 0) is 9.53 Å². The van der Waals surface area contributed by atoms with Gasteiger partial charge >= 0.3 is 5.97 Å². The second kappa shape index (κ2) is 10.8. The predicted molar refractivity (Wildman–Crippen MR) is 120 cm³/mol. The number of rotatable bonds is 8. The predicted octanol–water partition coefficient (Wildman–Crippen LogP) is 4.84. The Bertz CT molecular complexity index is 843. The van der Waals surface area contributed by atoms with E-state index in [0.717, 1.165) is 60.0 Å². The van der Waals surface area contributed by atoms with E-state index >= 15 is 0 Å². The molecule has 0 bridgehead atoms. The van der Waals surface area contributed by atoms with Crippen molar-refractivity contribution >= 4 is 41.1 Å². The lowest BCUT2D eigenvalue weighted by Gasteiger charge is -2.34. The molecule has 0 aliphatic carbocycles. The van der Waals surface area contributed by atoms with Crippen molar-refractivity contribution in [1.82, 2.24) is 5.32 Å². The van der Waals surface area contributed by atoms with Gasteiger partial charge in [0.2, 0.25) is 0 Å². The van der Waals surface area contributed by atoms with Crippen LogP contribution in [0.1, 0.15) is 37.7 Å². The fraction of sp³-hybridized carbons (Fsp3) is 0.476. The van der Waals surface area contributed by atoms with E-state index in [0.29, 0.717) is 13.0 Å². The maximum Gasteiger partial charge on any atom is 0.313 e. The summed E-state index contributed by atoms with van der Waals surface area (Å²) in [5.74, 6) is 0.204. The molecule has 0 aromatic heterocycles. The van der Waals surface area contributed by atoms with E-state index in [1.165, 1.54) is 0 Å². The second-order valence-electron chi connectivity index (χ2n) is 7.21. The molecule has 1 saturated heterocycles. The highest BCUT2D eigenvalue weighted by Gasteiger charge is 2.34. The molecule has 8 heteroatoms. The van der Waals surface area contributed by atoms with Crippen LogP contribution in [0.15, 0.2) is 41.0 Å². The Kier molecular flexibility index (Phi) is 8.74. The largest absolute Gasteiger partial charge is 0.497 e. The number of carbonyl (C=O) groups is 1. The number of methoxy groups -OCH3 is 1. The Labute approximate surface area is 181 Å². The fourth-order valence-electron chi connectivity index (χ4n) is 3.59. The molecule has 1 aliphatic rings. The van der Waals surface area contributed by atoms with Crippen molar-refractivity contribution < 1.29 is 14.3 Å². The zero-order valence-electron chi connectivity index (χ0n) is 16.7. The summed E-state index contributed by atoms with van der Waals surface area (Å²) in [7, 11) is 1.64. The molecule has 2 aromatic rings. The van der Waals surface area contributed by atoms with Crippen LogP contribution in [0, 0.1) is 4.91 Å². The second-order valence-corrected chi connectivity index (χ2v) is 8.41. The van der Waals surface area contributed by atoms with Gasteiger partial charge in [0.25, 0.3) is 0 Å². The topological polar surface area (TPSA) is 77.0 Å². The third kappa shape index (κ3) is 5.84. The van der Waals surface area contributed by atoms with E-state index in [2.05, 4.69) is 9.90 Å².